The predicted octanol–water partition coefficient (Wildman–Crippen LogP) is 1.58. The Labute approximate surface area is 104 Å². The molecule has 1 aromatic carbocycles. The van der Waals surface area contributed by atoms with Gasteiger partial charge in [-0.2, -0.15) is 18.3 Å². The van der Waals surface area contributed by atoms with Gasteiger partial charge in [-0.1, -0.05) is 12.1 Å². The fourth-order valence-corrected chi connectivity index (χ4v) is 1.46. The standard InChI is InChI=1S/C10H8F3N5O/c11-10(12,13)8-16-6-3-1-2-5(7(6)17-8)4-15-18-9(14)19/h1-4H,(H,16,17)(H3,14,18,19). The first kappa shape index (κ1) is 12.9. The second kappa shape index (κ2) is 4.59. The SMILES string of the molecule is NC(=O)NN=Cc1cccc2[nH]c(C(F)(F)F)nc12. The lowest BCUT2D eigenvalue weighted by Crippen LogP contribution is -2.24. The number of hydrogen-bond acceptors (Lipinski definition) is 3. The molecule has 2 amide bonds. The highest BCUT2D eigenvalue weighted by Crippen LogP contribution is 2.29. The van der Waals surface area contributed by atoms with Gasteiger partial charge in [0.05, 0.1) is 17.2 Å². The van der Waals surface area contributed by atoms with E-state index in [1.165, 1.54) is 18.2 Å². The number of carbonyl (C=O) groups is 1. The number of hydrogen-bond donors (Lipinski definition) is 3. The van der Waals surface area contributed by atoms with Gasteiger partial charge in [0, 0.05) is 5.56 Å². The van der Waals surface area contributed by atoms with E-state index in [2.05, 4.69) is 15.1 Å². The van der Waals surface area contributed by atoms with Crippen LogP contribution in [0.5, 0.6) is 0 Å². The average molecular weight is 271 g/mol. The number of aromatic nitrogens is 2. The summed E-state index contributed by atoms with van der Waals surface area (Å²) in [6.07, 6.45) is -3.40. The maximum Gasteiger partial charge on any atom is 0.449 e. The summed E-state index contributed by atoms with van der Waals surface area (Å²) >= 11 is 0. The van der Waals surface area contributed by atoms with E-state index in [9.17, 15) is 18.0 Å². The molecule has 0 spiro atoms. The van der Waals surface area contributed by atoms with Crippen LogP contribution < -0.4 is 11.2 Å². The van der Waals surface area contributed by atoms with Crippen LogP contribution in [0.4, 0.5) is 18.0 Å². The summed E-state index contributed by atoms with van der Waals surface area (Å²) in [6, 6.07) is 3.62. The molecule has 1 aromatic heterocycles. The number of halogens is 3. The van der Waals surface area contributed by atoms with Gasteiger partial charge < -0.3 is 10.7 Å². The van der Waals surface area contributed by atoms with Crippen molar-refractivity contribution in [3.63, 3.8) is 0 Å². The van der Waals surface area contributed by atoms with Gasteiger partial charge in [0.25, 0.3) is 0 Å². The Hall–Kier alpha value is -2.58. The number of primary amides is 1. The number of aromatic amines is 1. The zero-order valence-electron chi connectivity index (χ0n) is 9.32. The van der Waals surface area contributed by atoms with Gasteiger partial charge in [-0.25, -0.2) is 15.2 Å². The zero-order valence-corrected chi connectivity index (χ0v) is 9.32. The summed E-state index contributed by atoms with van der Waals surface area (Å²) < 4.78 is 37.5. The molecule has 1 heterocycles. The number of nitrogens with zero attached hydrogens (tertiary/aromatic N) is 2. The number of nitrogens with one attached hydrogen (secondary N) is 2. The number of urea groups is 1. The molecule has 0 saturated carbocycles. The lowest BCUT2D eigenvalue weighted by atomic mass is 10.2. The van der Waals surface area contributed by atoms with Crippen LogP contribution >= 0.6 is 0 Å². The molecule has 100 valence electrons. The van der Waals surface area contributed by atoms with Crippen LogP contribution in [-0.4, -0.2) is 22.2 Å². The summed E-state index contributed by atoms with van der Waals surface area (Å²) in [5.41, 5.74) is 7.38. The Kier molecular flexibility index (Phi) is 3.11. The van der Waals surface area contributed by atoms with Crippen LogP contribution in [-0.2, 0) is 6.18 Å². The molecule has 0 bridgehead atoms. The molecule has 19 heavy (non-hydrogen) atoms. The summed E-state index contributed by atoms with van der Waals surface area (Å²) in [7, 11) is 0. The lowest BCUT2D eigenvalue weighted by molar-refractivity contribution is -0.144. The van der Waals surface area contributed by atoms with Gasteiger partial charge in [0.2, 0.25) is 5.82 Å². The highest BCUT2D eigenvalue weighted by molar-refractivity contribution is 5.96. The number of H-pyrrole nitrogens is 1. The molecular weight excluding hydrogens is 263 g/mol. The lowest BCUT2D eigenvalue weighted by Gasteiger charge is -1.99. The van der Waals surface area contributed by atoms with Gasteiger partial charge >= 0.3 is 12.2 Å². The summed E-state index contributed by atoms with van der Waals surface area (Å²) in [4.78, 5) is 16.0. The molecule has 0 atom stereocenters. The third kappa shape index (κ3) is 2.81. The van der Waals surface area contributed by atoms with Crippen molar-refractivity contribution in [1.29, 1.82) is 0 Å². The third-order valence-corrected chi connectivity index (χ3v) is 2.19. The van der Waals surface area contributed by atoms with E-state index < -0.39 is 18.0 Å². The van der Waals surface area contributed by atoms with Crippen LogP contribution in [0.25, 0.3) is 11.0 Å². The topological polar surface area (TPSA) is 96.2 Å². The van der Waals surface area contributed by atoms with E-state index in [1.807, 2.05) is 5.43 Å². The van der Waals surface area contributed by atoms with Gasteiger partial charge in [0.1, 0.15) is 0 Å². The Bertz CT molecular complexity index is 646. The van der Waals surface area contributed by atoms with E-state index in [4.69, 9.17) is 5.73 Å². The Morgan fingerprint density at radius 3 is 2.84 bits per heavy atom. The molecule has 0 saturated heterocycles. The molecule has 0 aliphatic heterocycles. The van der Waals surface area contributed by atoms with E-state index in [-0.39, 0.29) is 11.0 Å². The minimum atomic E-state index is -4.56. The minimum Gasteiger partial charge on any atom is -0.350 e. The molecule has 0 radical (unpaired) electrons. The molecule has 0 aliphatic rings. The van der Waals surface area contributed by atoms with Crippen LogP contribution in [0.2, 0.25) is 0 Å². The normalized spacial score (nSPS) is 12.2. The van der Waals surface area contributed by atoms with Gasteiger partial charge in [0.15, 0.2) is 0 Å². The fraction of sp³-hybridized carbons (Fsp3) is 0.100. The number of benzene rings is 1. The summed E-state index contributed by atoms with van der Waals surface area (Å²) in [5, 5.41) is 3.48. The van der Waals surface area contributed by atoms with E-state index >= 15 is 0 Å². The van der Waals surface area contributed by atoms with Crippen molar-refractivity contribution < 1.29 is 18.0 Å². The molecule has 0 unspecified atom stereocenters. The maximum atomic E-state index is 12.5. The van der Waals surface area contributed by atoms with E-state index in [0.717, 1.165) is 6.21 Å². The fourth-order valence-electron chi connectivity index (χ4n) is 1.46. The second-order valence-corrected chi connectivity index (χ2v) is 3.56. The Morgan fingerprint density at radius 1 is 1.47 bits per heavy atom. The first-order valence-corrected chi connectivity index (χ1v) is 5.02. The number of hydrazone groups is 1. The quantitative estimate of drug-likeness (QED) is 0.571. The monoisotopic (exact) mass is 271 g/mol. The van der Waals surface area contributed by atoms with Crippen LogP contribution in [0, 0.1) is 0 Å². The van der Waals surface area contributed by atoms with E-state index in [0.29, 0.717) is 5.56 Å². The van der Waals surface area contributed by atoms with E-state index in [1.54, 1.807) is 0 Å². The molecular formula is C10H8F3N5O. The predicted molar refractivity (Wildman–Crippen MR) is 61.4 cm³/mol. The van der Waals surface area contributed by atoms with Gasteiger partial charge in [-0.3, -0.25) is 0 Å². The number of alkyl halides is 3. The van der Waals surface area contributed by atoms with Crippen molar-refractivity contribution in [2.24, 2.45) is 10.8 Å². The molecule has 2 aromatic rings. The highest BCUT2D eigenvalue weighted by Gasteiger charge is 2.34. The Morgan fingerprint density at radius 2 is 2.21 bits per heavy atom. The largest absolute Gasteiger partial charge is 0.449 e. The van der Waals surface area contributed by atoms with Crippen molar-refractivity contribution in [1.82, 2.24) is 15.4 Å². The average Bonchev–Trinajstić information content (AvgIpc) is 2.72. The number of amides is 2. The van der Waals surface area contributed by atoms with Crippen LogP contribution in [0.15, 0.2) is 23.3 Å². The molecule has 9 heteroatoms. The van der Waals surface area contributed by atoms with Crippen molar-refractivity contribution in [2.45, 2.75) is 6.18 Å². The smallest absolute Gasteiger partial charge is 0.350 e. The number of rotatable bonds is 2. The number of imidazole rings is 1. The second-order valence-electron chi connectivity index (χ2n) is 3.56. The molecule has 6 nitrogen and oxygen atoms in total. The van der Waals surface area contributed by atoms with Crippen molar-refractivity contribution in [2.75, 3.05) is 0 Å². The number of nitrogens with two attached hydrogens (primary N) is 1. The summed E-state index contributed by atoms with van der Waals surface area (Å²) in [5.74, 6) is -1.09. The maximum absolute atomic E-state index is 12.5. The first-order chi connectivity index (χ1) is 8.88. The number of para-hydroxylation sites is 1. The third-order valence-electron chi connectivity index (χ3n) is 2.19. The molecule has 2 rings (SSSR count). The molecule has 0 aliphatic carbocycles. The van der Waals surface area contributed by atoms with Crippen molar-refractivity contribution in [3.05, 3.63) is 29.6 Å². The van der Waals surface area contributed by atoms with Crippen molar-refractivity contribution >= 4 is 23.3 Å². The van der Waals surface area contributed by atoms with Gasteiger partial charge in [-0.15, -0.1) is 0 Å². The number of fused-ring (bicyclic) bond motifs is 1. The van der Waals surface area contributed by atoms with Crippen LogP contribution in [0.3, 0.4) is 0 Å². The first-order valence-electron chi connectivity index (χ1n) is 5.02. The van der Waals surface area contributed by atoms with Crippen molar-refractivity contribution in [3.8, 4) is 0 Å². The molecule has 0 fully saturated rings. The number of carbonyl (C=O) groups excluding carboxylic acids is 1. The summed E-state index contributed by atoms with van der Waals surface area (Å²) in [6.45, 7) is 0. The molecule has 4 N–H and O–H groups in total. The Balaban J connectivity index is 2.42. The zero-order chi connectivity index (χ0) is 14.0. The van der Waals surface area contributed by atoms with Crippen LogP contribution in [0.1, 0.15) is 11.4 Å². The highest BCUT2D eigenvalue weighted by atomic mass is 19.4. The van der Waals surface area contributed by atoms with Gasteiger partial charge in [-0.05, 0) is 6.07 Å². The minimum absolute atomic E-state index is 0.102.